The van der Waals surface area contributed by atoms with E-state index in [0.29, 0.717) is 19.4 Å². The number of ether oxygens (including phenoxy) is 1. The highest BCUT2D eigenvalue weighted by Crippen LogP contribution is 2.45. The van der Waals surface area contributed by atoms with Gasteiger partial charge >= 0.3 is 6.09 Å². The number of amides is 1. The van der Waals surface area contributed by atoms with Crippen LogP contribution in [-0.4, -0.2) is 33.8 Å². The van der Waals surface area contributed by atoms with Gasteiger partial charge in [0.1, 0.15) is 6.61 Å². The first kappa shape index (κ1) is 17.3. The van der Waals surface area contributed by atoms with Crippen LogP contribution in [-0.2, 0) is 11.3 Å². The number of benzene rings is 1. The van der Waals surface area contributed by atoms with Gasteiger partial charge in [0, 0.05) is 12.1 Å². The molecule has 2 bridgehead atoms. The molecule has 0 radical (unpaired) electrons. The van der Waals surface area contributed by atoms with Gasteiger partial charge in [-0.05, 0) is 43.1 Å². The molecule has 24 heavy (non-hydrogen) atoms. The second kappa shape index (κ2) is 6.40. The van der Waals surface area contributed by atoms with E-state index in [-0.39, 0.29) is 23.6 Å². The SMILES string of the molecule is CC(C)(C)CC1(O)CC2CCC(C1)N2C(=O)OCc1ccccc1. The molecule has 0 aliphatic carbocycles. The maximum Gasteiger partial charge on any atom is 0.410 e. The molecular weight excluding hydrogens is 302 g/mol. The molecule has 3 rings (SSSR count). The van der Waals surface area contributed by atoms with Gasteiger partial charge in [-0.25, -0.2) is 4.79 Å². The summed E-state index contributed by atoms with van der Waals surface area (Å²) in [6.07, 6.45) is 3.82. The topological polar surface area (TPSA) is 49.8 Å². The van der Waals surface area contributed by atoms with Crippen molar-refractivity contribution in [3.05, 3.63) is 35.9 Å². The number of carbonyl (C=O) groups excluding carboxylic acids is 1. The van der Waals surface area contributed by atoms with Crippen molar-refractivity contribution < 1.29 is 14.6 Å². The summed E-state index contributed by atoms with van der Waals surface area (Å²) >= 11 is 0. The van der Waals surface area contributed by atoms with Gasteiger partial charge in [-0.15, -0.1) is 0 Å². The van der Waals surface area contributed by atoms with Crippen molar-refractivity contribution in [3.8, 4) is 0 Å². The molecule has 0 aromatic heterocycles. The normalized spacial score (nSPS) is 29.6. The van der Waals surface area contributed by atoms with E-state index in [9.17, 15) is 9.90 Å². The number of fused-ring (bicyclic) bond motifs is 2. The van der Waals surface area contributed by atoms with Crippen molar-refractivity contribution in [1.82, 2.24) is 4.90 Å². The van der Waals surface area contributed by atoms with Gasteiger partial charge in [0.15, 0.2) is 0 Å². The monoisotopic (exact) mass is 331 g/mol. The van der Waals surface area contributed by atoms with Gasteiger partial charge in [0.05, 0.1) is 5.60 Å². The Morgan fingerprint density at radius 2 is 1.79 bits per heavy atom. The molecule has 0 saturated carbocycles. The van der Waals surface area contributed by atoms with Crippen molar-refractivity contribution in [2.24, 2.45) is 5.41 Å². The lowest BCUT2D eigenvalue weighted by atomic mass is 9.75. The van der Waals surface area contributed by atoms with E-state index in [1.165, 1.54) is 0 Å². The zero-order chi connectivity index (χ0) is 17.4. The smallest absolute Gasteiger partial charge is 0.410 e. The fraction of sp³-hybridized carbons (Fsp3) is 0.650. The Labute approximate surface area is 144 Å². The first-order valence-corrected chi connectivity index (χ1v) is 8.97. The van der Waals surface area contributed by atoms with Crippen LogP contribution in [0.15, 0.2) is 30.3 Å². The Hall–Kier alpha value is -1.55. The standard InChI is InChI=1S/C20H29NO3/c1-19(2,3)14-20(23)11-16-9-10-17(12-20)21(16)18(22)24-13-15-7-5-4-6-8-15/h4-8,16-17,23H,9-14H2,1-3H3. The van der Waals surface area contributed by atoms with Gasteiger partial charge in [-0.3, -0.25) is 0 Å². The predicted molar refractivity (Wildman–Crippen MR) is 93.5 cm³/mol. The fourth-order valence-corrected chi connectivity index (χ4v) is 4.55. The van der Waals surface area contributed by atoms with E-state index < -0.39 is 5.60 Å². The fourth-order valence-electron chi connectivity index (χ4n) is 4.55. The molecule has 1 aromatic carbocycles. The zero-order valence-corrected chi connectivity index (χ0v) is 15.0. The van der Waals surface area contributed by atoms with Crippen LogP contribution in [0.25, 0.3) is 0 Å². The summed E-state index contributed by atoms with van der Waals surface area (Å²) in [5, 5.41) is 11.0. The average Bonchev–Trinajstić information content (AvgIpc) is 2.77. The molecule has 2 fully saturated rings. The van der Waals surface area contributed by atoms with E-state index in [1.54, 1.807) is 0 Å². The minimum Gasteiger partial charge on any atom is -0.445 e. The molecule has 4 heteroatoms. The summed E-state index contributed by atoms with van der Waals surface area (Å²) in [5.74, 6) is 0. The lowest BCUT2D eigenvalue weighted by Gasteiger charge is -2.45. The van der Waals surface area contributed by atoms with Crippen molar-refractivity contribution >= 4 is 6.09 Å². The zero-order valence-electron chi connectivity index (χ0n) is 15.0. The largest absolute Gasteiger partial charge is 0.445 e. The number of nitrogens with zero attached hydrogens (tertiary/aromatic N) is 1. The number of hydrogen-bond acceptors (Lipinski definition) is 3. The number of carbonyl (C=O) groups is 1. The highest BCUT2D eigenvalue weighted by molar-refractivity contribution is 5.69. The van der Waals surface area contributed by atoms with Gasteiger partial charge in [-0.1, -0.05) is 51.1 Å². The third-order valence-electron chi connectivity index (χ3n) is 5.13. The van der Waals surface area contributed by atoms with Crippen LogP contribution in [0, 0.1) is 5.41 Å². The van der Waals surface area contributed by atoms with Gasteiger partial charge < -0.3 is 14.7 Å². The average molecular weight is 331 g/mol. The Morgan fingerprint density at radius 1 is 1.21 bits per heavy atom. The lowest BCUT2D eigenvalue weighted by molar-refractivity contribution is -0.0706. The summed E-state index contributed by atoms with van der Waals surface area (Å²) in [6, 6.07) is 9.98. The van der Waals surface area contributed by atoms with E-state index in [4.69, 9.17) is 4.74 Å². The van der Waals surface area contributed by atoms with E-state index in [2.05, 4.69) is 20.8 Å². The minimum atomic E-state index is -0.652. The minimum absolute atomic E-state index is 0.0875. The molecule has 0 spiro atoms. The predicted octanol–water partition coefficient (Wildman–Crippen LogP) is 4.12. The Balaban J connectivity index is 1.61. The van der Waals surface area contributed by atoms with Crippen LogP contribution in [0.2, 0.25) is 0 Å². The number of rotatable bonds is 3. The van der Waals surface area contributed by atoms with Gasteiger partial charge in [0.25, 0.3) is 0 Å². The lowest BCUT2D eigenvalue weighted by Crippen LogP contribution is -2.54. The summed E-state index contributed by atoms with van der Waals surface area (Å²) in [4.78, 5) is 14.4. The van der Waals surface area contributed by atoms with Crippen LogP contribution in [0.4, 0.5) is 4.79 Å². The molecule has 2 saturated heterocycles. The van der Waals surface area contributed by atoms with Crippen LogP contribution < -0.4 is 0 Å². The third-order valence-corrected chi connectivity index (χ3v) is 5.13. The molecule has 4 nitrogen and oxygen atoms in total. The molecule has 2 aliphatic rings. The van der Waals surface area contributed by atoms with Gasteiger partial charge in [-0.2, -0.15) is 0 Å². The molecule has 2 unspecified atom stereocenters. The second-order valence-electron chi connectivity index (χ2n) is 8.70. The number of piperidine rings is 1. The molecule has 2 atom stereocenters. The van der Waals surface area contributed by atoms with Crippen molar-refractivity contribution in [2.45, 2.75) is 77.2 Å². The van der Waals surface area contributed by atoms with Crippen LogP contribution in [0.5, 0.6) is 0 Å². The molecule has 2 heterocycles. The summed E-state index contributed by atoms with van der Waals surface area (Å²) in [6.45, 7) is 6.79. The molecular formula is C20H29NO3. The van der Waals surface area contributed by atoms with Crippen molar-refractivity contribution in [2.75, 3.05) is 0 Å². The maximum atomic E-state index is 12.6. The van der Waals surface area contributed by atoms with Gasteiger partial charge in [0.2, 0.25) is 0 Å². The molecule has 1 aromatic rings. The second-order valence-corrected chi connectivity index (χ2v) is 8.70. The summed E-state index contributed by atoms with van der Waals surface area (Å²) in [5.41, 5.74) is 0.434. The maximum absolute atomic E-state index is 12.6. The molecule has 132 valence electrons. The van der Waals surface area contributed by atoms with E-state index >= 15 is 0 Å². The highest BCUT2D eigenvalue weighted by atomic mass is 16.6. The molecule has 1 amide bonds. The quantitative estimate of drug-likeness (QED) is 0.906. The van der Waals surface area contributed by atoms with E-state index in [1.807, 2.05) is 35.2 Å². The third kappa shape index (κ3) is 3.92. The van der Waals surface area contributed by atoms with Crippen molar-refractivity contribution in [3.63, 3.8) is 0 Å². The summed E-state index contributed by atoms with van der Waals surface area (Å²) in [7, 11) is 0. The Morgan fingerprint density at radius 3 is 2.33 bits per heavy atom. The van der Waals surface area contributed by atoms with Crippen LogP contribution in [0.1, 0.15) is 58.4 Å². The molecule has 1 N–H and O–H groups in total. The van der Waals surface area contributed by atoms with Crippen LogP contribution in [0.3, 0.4) is 0 Å². The first-order valence-electron chi connectivity index (χ1n) is 8.97. The highest BCUT2D eigenvalue weighted by Gasteiger charge is 2.50. The molecule has 2 aliphatic heterocycles. The summed E-state index contributed by atoms with van der Waals surface area (Å²) < 4.78 is 5.52. The number of aliphatic hydroxyl groups is 1. The van der Waals surface area contributed by atoms with Crippen molar-refractivity contribution in [1.29, 1.82) is 0 Å². The first-order chi connectivity index (χ1) is 11.3. The van der Waals surface area contributed by atoms with E-state index in [0.717, 1.165) is 24.8 Å². The Bertz CT molecular complexity index is 564. The Kier molecular flexibility index (Phi) is 4.60. The number of hydrogen-bond donors (Lipinski definition) is 1. The van der Waals surface area contributed by atoms with Crippen LogP contribution >= 0.6 is 0 Å².